The average molecular weight is 500 g/mol. The van der Waals surface area contributed by atoms with E-state index in [1.165, 1.54) is 14.1 Å². The number of aromatic nitrogens is 1. The molecule has 0 bridgehead atoms. The molecule has 1 aliphatic rings. The van der Waals surface area contributed by atoms with Crippen LogP contribution in [0.4, 0.5) is 5.69 Å². The van der Waals surface area contributed by atoms with Gasteiger partial charge in [-0.2, -0.15) is 12.7 Å². The molecule has 1 atom stereocenters. The summed E-state index contributed by atoms with van der Waals surface area (Å²) in [6.45, 7) is 2.25. The highest BCUT2D eigenvalue weighted by Gasteiger charge is 2.25. The molecule has 1 aliphatic carbocycles. The van der Waals surface area contributed by atoms with Gasteiger partial charge >= 0.3 is 16.2 Å². The Hall–Kier alpha value is -3.37. The van der Waals surface area contributed by atoms with Crippen molar-refractivity contribution in [1.82, 2.24) is 9.29 Å². The first-order valence-electron chi connectivity index (χ1n) is 11.4. The van der Waals surface area contributed by atoms with Crippen molar-refractivity contribution in [1.29, 1.82) is 0 Å². The van der Waals surface area contributed by atoms with Crippen molar-refractivity contribution >= 4 is 21.9 Å². The number of ether oxygens (including phenoxy) is 1. The number of hydrogen-bond acceptors (Lipinski definition) is 6. The Kier molecular flexibility index (Phi) is 7.13. The van der Waals surface area contributed by atoms with Crippen molar-refractivity contribution in [2.24, 2.45) is 0 Å². The summed E-state index contributed by atoms with van der Waals surface area (Å²) in [6, 6.07) is 12.7. The van der Waals surface area contributed by atoms with Crippen LogP contribution in [0.5, 0.6) is 5.75 Å². The van der Waals surface area contributed by atoms with E-state index in [2.05, 4.69) is 9.71 Å². The summed E-state index contributed by atoms with van der Waals surface area (Å²) in [5.41, 5.74) is 4.10. The van der Waals surface area contributed by atoms with Crippen molar-refractivity contribution in [2.45, 2.75) is 38.5 Å². The second kappa shape index (κ2) is 10.1. The summed E-state index contributed by atoms with van der Waals surface area (Å²) in [7, 11) is -0.704. The molecule has 1 aromatic heterocycles. The molecular formula is C25H29N3O6S. The predicted molar refractivity (Wildman–Crippen MR) is 132 cm³/mol. The van der Waals surface area contributed by atoms with Gasteiger partial charge in [-0.15, -0.1) is 0 Å². The molecule has 2 N–H and O–H groups in total. The number of hydrogen-bond donors (Lipinski definition) is 2. The molecule has 0 unspecified atom stereocenters. The molecule has 0 aliphatic heterocycles. The number of carboxylic acids is 1. The summed E-state index contributed by atoms with van der Waals surface area (Å²) in [5, 5.41) is 9.09. The third kappa shape index (κ3) is 5.83. The topological polar surface area (TPSA) is 122 Å². The Balaban J connectivity index is 1.39. The molecule has 0 spiro atoms. The fourth-order valence-corrected chi connectivity index (χ4v) is 4.81. The summed E-state index contributed by atoms with van der Waals surface area (Å²) in [6.07, 6.45) is 2.41. The summed E-state index contributed by atoms with van der Waals surface area (Å²) < 4.78 is 39.6. The van der Waals surface area contributed by atoms with Gasteiger partial charge in [0.2, 0.25) is 5.89 Å². The minimum atomic E-state index is -3.61. The zero-order valence-electron chi connectivity index (χ0n) is 19.9. The van der Waals surface area contributed by atoms with E-state index in [-0.39, 0.29) is 12.3 Å². The van der Waals surface area contributed by atoms with Crippen molar-refractivity contribution in [3.63, 3.8) is 0 Å². The zero-order chi connectivity index (χ0) is 25.2. The van der Waals surface area contributed by atoms with Crippen LogP contribution in [0.3, 0.4) is 0 Å². The third-order valence-electron chi connectivity index (χ3n) is 6.07. The number of nitrogens with zero attached hydrogens (tertiary/aromatic N) is 2. The number of oxazole rings is 1. The van der Waals surface area contributed by atoms with E-state index in [1.807, 2.05) is 25.1 Å². The van der Waals surface area contributed by atoms with Gasteiger partial charge in [0.15, 0.2) is 0 Å². The Bertz CT molecular complexity index is 1330. The number of aliphatic carboxylic acids is 1. The van der Waals surface area contributed by atoms with Crippen LogP contribution in [-0.2, 0) is 27.8 Å². The fraction of sp³-hybridized carbons (Fsp3) is 0.360. The molecule has 10 heteroatoms. The average Bonchev–Trinajstić information content (AvgIpc) is 3.36. The Morgan fingerprint density at radius 3 is 2.80 bits per heavy atom. The molecule has 0 saturated carbocycles. The standard InChI is InChI=1S/C25H29N3O6S/c1-16-23(11-12-33-21-9-10-22-17(14-21)7-8-18(22)15-24(29)30)26-25(34-16)19-5-4-6-20(13-19)27-35(31,32)28(2)3/h4-6,9-10,13-14,18,27H,7-8,11-12,15H2,1-3H3,(H,29,30)/t18-/m0/s1. The normalized spacial score (nSPS) is 15.3. The van der Waals surface area contributed by atoms with Crippen molar-refractivity contribution in [3.05, 3.63) is 65.0 Å². The molecule has 0 amide bonds. The van der Waals surface area contributed by atoms with Crippen LogP contribution in [0.1, 0.15) is 41.3 Å². The molecule has 35 heavy (non-hydrogen) atoms. The van der Waals surface area contributed by atoms with Crippen LogP contribution >= 0.6 is 0 Å². The lowest BCUT2D eigenvalue weighted by Gasteiger charge is -2.13. The van der Waals surface area contributed by atoms with Crippen LogP contribution < -0.4 is 9.46 Å². The minimum Gasteiger partial charge on any atom is -0.493 e. The van der Waals surface area contributed by atoms with Crippen molar-refractivity contribution < 1.29 is 27.5 Å². The van der Waals surface area contributed by atoms with Gasteiger partial charge in [-0.25, -0.2) is 4.98 Å². The highest BCUT2D eigenvalue weighted by Crippen LogP contribution is 2.37. The maximum Gasteiger partial charge on any atom is 0.303 e. The van der Waals surface area contributed by atoms with Gasteiger partial charge in [0, 0.05) is 26.1 Å². The number of rotatable bonds is 10. The Morgan fingerprint density at radius 2 is 2.06 bits per heavy atom. The van der Waals surface area contributed by atoms with Crippen molar-refractivity contribution in [3.8, 4) is 17.2 Å². The quantitative estimate of drug-likeness (QED) is 0.432. The lowest BCUT2D eigenvalue weighted by atomic mass is 9.98. The highest BCUT2D eigenvalue weighted by atomic mass is 32.2. The molecule has 3 aromatic rings. The third-order valence-corrected chi connectivity index (χ3v) is 7.53. The molecule has 4 rings (SSSR count). The summed E-state index contributed by atoms with van der Waals surface area (Å²) in [5.74, 6) is 1.14. The molecule has 1 heterocycles. The largest absolute Gasteiger partial charge is 0.493 e. The molecule has 0 radical (unpaired) electrons. The Morgan fingerprint density at radius 1 is 1.26 bits per heavy atom. The second-order valence-electron chi connectivity index (χ2n) is 8.78. The molecular weight excluding hydrogens is 470 g/mol. The fourth-order valence-electron chi connectivity index (χ4n) is 4.20. The van der Waals surface area contributed by atoms with E-state index in [4.69, 9.17) is 14.3 Å². The van der Waals surface area contributed by atoms with Crippen LogP contribution in [-0.4, -0.2) is 49.5 Å². The summed E-state index contributed by atoms with van der Waals surface area (Å²) >= 11 is 0. The first-order valence-corrected chi connectivity index (χ1v) is 12.8. The highest BCUT2D eigenvalue weighted by molar-refractivity contribution is 7.90. The van der Waals surface area contributed by atoms with Gasteiger partial charge in [0.05, 0.1) is 24.4 Å². The number of aryl methyl sites for hydroxylation is 2. The maximum atomic E-state index is 12.1. The molecule has 0 saturated heterocycles. The van der Waals surface area contributed by atoms with E-state index in [1.54, 1.807) is 24.3 Å². The zero-order valence-corrected chi connectivity index (χ0v) is 20.8. The number of anilines is 1. The van der Waals surface area contributed by atoms with E-state index in [0.29, 0.717) is 35.9 Å². The first kappa shape index (κ1) is 24.7. The monoisotopic (exact) mass is 499 g/mol. The van der Waals surface area contributed by atoms with Gasteiger partial charge in [-0.1, -0.05) is 12.1 Å². The number of carboxylic acid groups (broad SMARTS) is 1. The maximum absolute atomic E-state index is 12.1. The van der Waals surface area contributed by atoms with E-state index in [9.17, 15) is 13.2 Å². The Labute approximate surface area is 204 Å². The van der Waals surface area contributed by atoms with E-state index < -0.39 is 16.2 Å². The number of fused-ring (bicyclic) bond motifs is 1. The number of carbonyl (C=O) groups is 1. The molecule has 186 valence electrons. The smallest absolute Gasteiger partial charge is 0.303 e. The van der Waals surface area contributed by atoms with Gasteiger partial charge < -0.3 is 14.3 Å². The number of benzene rings is 2. The first-order chi connectivity index (χ1) is 16.6. The van der Waals surface area contributed by atoms with Crippen LogP contribution in [0.25, 0.3) is 11.5 Å². The lowest BCUT2D eigenvalue weighted by molar-refractivity contribution is -0.137. The molecule has 9 nitrogen and oxygen atoms in total. The van der Waals surface area contributed by atoms with Crippen molar-refractivity contribution in [2.75, 3.05) is 25.4 Å². The van der Waals surface area contributed by atoms with Gasteiger partial charge in [0.25, 0.3) is 0 Å². The van der Waals surface area contributed by atoms with E-state index in [0.717, 1.165) is 39.7 Å². The number of nitrogens with one attached hydrogen (secondary N) is 1. The van der Waals surface area contributed by atoms with Crippen LogP contribution in [0.15, 0.2) is 46.9 Å². The van der Waals surface area contributed by atoms with Gasteiger partial charge in [0.1, 0.15) is 11.5 Å². The minimum absolute atomic E-state index is 0.0736. The van der Waals surface area contributed by atoms with E-state index >= 15 is 0 Å². The SMILES string of the molecule is Cc1oc(-c2cccc(NS(=O)(=O)N(C)C)c2)nc1CCOc1ccc2c(c1)CC[C@H]2CC(=O)O. The lowest BCUT2D eigenvalue weighted by Crippen LogP contribution is -2.28. The predicted octanol–water partition coefficient (Wildman–Crippen LogP) is 3.99. The van der Waals surface area contributed by atoms with Gasteiger partial charge in [-0.05, 0) is 67.1 Å². The van der Waals surface area contributed by atoms with Gasteiger partial charge in [-0.3, -0.25) is 9.52 Å². The second-order valence-corrected chi connectivity index (χ2v) is 10.7. The van der Waals surface area contributed by atoms with Crippen LogP contribution in [0.2, 0.25) is 0 Å². The molecule has 0 fully saturated rings. The molecule has 2 aromatic carbocycles. The summed E-state index contributed by atoms with van der Waals surface area (Å²) in [4.78, 5) is 15.6. The van der Waals surface area contributed by atoms with Crippen LogP contribution in [0, 0.1) is 6.92 Å².